The maximum Gasteiger partial charge on any atom is 0.297 e. The fourth-order valence-electron chi connectivity index (χ4n) is 3.82. The molecule has 1 aliphatic rings. The Balaban J connectivity index is 1.92. The van der Waals surface area contributed by atoms with E-state index in [1.165, 1.54) is 6.42 Å². The molecule has 1 aliphatic carbocycles. The molecule has 2 aromatic carbocycles. The number of methoxy groups -OCH3 is 1. The van der Waals surface area contributed by atoms with E-state index in [-0.39, 0.29) is 16.9 Å². The molecule has 0 amide bonds. The molecule has 0 aliphatic heterocycles. The summed E-state index contributed by atoms with van der Waals surface area (Å²) >= 11 is 0. The first-order chi connectivity index (χ1) is 13.0. The van der Waals surface area contributed by atoms with E-state index in [1.807, 2.05) is 31.2 Å². The van der Waals surface area contributed by atoms with E-state index in [0.29, 0.717) is 0 Å². The van der Waals surface area contributed by atoms with E-state index < -0.39 is 10.1 Å². The standard InChI is InChI=1S/C22H28O4S/c1-17-13-15-18(16-14-17)27(23,24)26-22-12-6-4-3-5-9-20(22)19-10-7-8-11-21(19)25-2/h7-8,10-11,13-16,20,22H,3-6,9,12H2,1-2H3/t20-,22-/m0/s1. The van der Waals surface area contributed by atoms with Crippen LogP contribution in [0.25, 0.3) is 0 Å². The number of para-hydroxylation sites is 1. The van der Waals surface area contributed by atoms with E-state index in [1.54, 1.807) is 31.4 Å². The van der Waals surface area contributed by atoms with Crippen LogP contribution in [0.15, 0.2) is 53.4 Å². The van der Waals surface area contributed by atoms with Gasteiger partial charge in [0.2, 0.25) is 0 Å². The van der Waals surface area contributed by atoms with Gasteiger partial charge < -0.3 is 4.74 Å². The molecule has 2 aromatic rings. The molecule has 146 valence electrons. The van der Waals surface area contributed by atoms with Crippen LogP contribution >= 0.6 is 0 Å². The highest BCUT2D eigenvalue weighted by Gasteiger charge is 2.32. The Kier molecular flexibility index (Phi) is 6.55. The van der Waals surface area contributed by atoms with Gasteiger partial charge in [-0.25, -0.2) is 0 Å². The Morgan fingerprint density at radius 2 is 1.56 bits per heavy atom. The monoisotopic (exact) mass is 388 g/mol. The Labute approximate surface area is 162 Å². The lowest BCUT2D eigenvalue weighted by molar-refractivity contribution is 0.148. The largest absolute Gasteiger partial charge is 0.496 e. The van der Waals surface area contributed by atoms with Crippen molar-refractivity contribution in [2.45, 2.75) is 62.4 Å². The van der Waals surface area contributed by atoms with Crippen LogP contribution in [0.1, 0.15) is 55.6 Å². The van der Waals surface area contributed by atoms with Gasteiger partial charge in [0.1, 0.15) is 5.75 Å². The summed E-state index contributed by atoms with van der Waals surface area (Å²) in [5, 5.41) is 0. The highest BCUT2D eigenvalue weighted by atomic mass is 32.2. The molecule has 0 radical (unpaired) electrons. The van der Waals surface area contributed by atoms with Crippen LogP contribution in [-0.2, 0) is 14.3 Å². The van der Waals surface area contributed by atoms with Crippen molar-refractivity contribution in [1.82, 2.24) is 0 Å². The zero-order valence-electron chi connectivity index (χ0n) is 16.1. The molecule has 1 fully saturated rings. The molecular formula is C22H28O4S. The fourth-order valence-corrected chi connectivity index (χ4v) is 4.95. The fraction of sp³-hybridized carbons (Fsp3) is 0.455. The lowest BCUT2D eigenvalue weighted by atomic mass is 9.83. The topological polar surface area (TPSA) is 52.6 Å². The molecule has 0 saturated heterocycles. The molecule has 4 nitrogen and oxygen atoms in total. The summed E-state index contributed by atoms with van der Waals surface area (Å²) in [4.78, 5) is 0.217. The average molecular weight is 389 g/mol. The second-order valence-corrected chi connectivity index (χ2v) is 8.81. The van der Waals surface area contributed by atoms with Crippen LogP contribution in [0.3, 0.4) is 0 Å². The number of aryl methyl sites for hydroxylation is 1. The van der Waals surface area contributed by atoms with Gasteiger partial charge in [-0.3, -0.25) is 4.18 Å². The maximum atomic E-state index is 12.9. The molecule has 0 spiro atoms. The van der Waals surface area contributed by atoms with E-state index in [4.69, 9.17) is 8.92 Å². The molecule has 5 heteroatoms. The molecule has 0 aromatic heterocycles. The van der Waals surface area contributed by atoms with E-state index >= 15 is 0 Å². The number of rotatable bonds is 5. The van der Waals surface area contributed by atoms with Crippen LogP contribution in [0.4, 0.5) is 0 Å². The van der Waals surface area contributed by atoms with Crippen molar-refractivity contribution in [2.75, 3.05) is 7.11 Å². The first-order valence-corrected chi connectivity index (χ1v) is 11.0. The highest BCUT2D eigenvalue weighted by molar-refractivity contribution is 7.86. The maximum absolute atomic E-state index is 12.9. The minimum Gasteiger partial charge on any atom is -0.496 e. The molecule has 0 unspecified atom stereocenters. The number of ether oxygens (including phenoxy) is 1. The molecule has 2 atom stereocenters. The van der Waals surface area contributed by atoms with Crippen LogP contribution < -0.4 is 4.74 Å². The first-order valence-electron chi connectivity index (χ1n) is 9.64. The van der Waals surface area contributed by atoms with Crippen molar-refractivity contribution >= 4 is 10.1 Å². The van der Waals surface area contributed by atoms with Crippen molar-refractivity contribution in [2.24, 2.45) is 0 Å². The third kappa shape index (κ3) is 4.90. The van der Waals surface area contributed by atoms with Crippen LogP contribution in [0.2, 0.25) is 0 Å². The quantitative estimate of drug-likeness (QED) is 0.659. The van der Waals surface area contributed by atoms with E-state index in [2.05, 4.69) is 0 Å². The van der Waals surface area contributed by atoms with Gasteiger partial charge in [0, 0.05) is 5.92 Å². The first kappa shape index (κ1) is 19.9. The minimum atomic E-state index is -3.81. The van der Waals surface area contributed by atoms with Gasteiger partial charge in [0.25, 0.3) is 10.1 Å². The van der Waals surface area contributed by atoms with Crippen LogP contribution in [-0.4, -0.2) is 21.6 Å². The SMILES string of the molecule is COc1ccccc1[C@@H]1CCCCCC[C@@H]1OS(=O)(=O)c1ccc(C)cc1. The van der Waals surface area contributed by atoms with Crippen molar-refractivity contribution < 1.29 is 17.3 Å². The normalized spacial score (nSPS) is 21.3. The zero-order chi connectivity index (χ0) is 19.3. The lowest BCUT2D eigenvalue weighted by Crippen LogP contribution is -2.27. The second kappa shape index (κ2) is 8.89. The summed E-state index contributed by atoms with van der Waals surface area (Å²) in [5.74, 6) is 0.797. The van der Waals surface area contributed by atoms with Gasteiger partial charge in [0.15, 0.2) is 0 Å². The number of hydrogen-bond donors (Lipinski definition) is 0. The summed E-state index contributed by atoms with van der Waals surface area (Å²) in [7, 11) is -2.15. The van der Waals surface area contributed by atoms with Crippen molar-refractivity contribution in [3.05, 3.63) is 59.7 Å². The smallest absolute Gasteiger partial charge is 0.297 e. The minimum absolute atomic E-state index is 0.00155. The third-order valence-corrected chi connectivity index (χ3v) is 6.65. The van der Waals surface area contributed by atoms with Gasteiger partial charge in [0.05, 0.1) is 18.1 Å². The Morgan fingerprint density at radius 1 is 0.889 bits per heavy atom. The summed E-state index contributed by atoms with van der Waals surface area (Å²) < 4.78 is 37.1. The van der Waals surface area contributed by atoms with E-state index in [0.717, 1.165) is 49.0 Å². The van der Waals surface area contributed by atoms with E-state index in [9.17, 15) is 8.42 Å². The van der Waals surface area contributed by atoms with Gasteiger partial charge in [-0.05, 0) is 43.5 Å². The number of hydrogen-bond acceptors (Lipinski definition) is 4. The molecule has 0 bridgehead atoms. The predicted octanol–water partition coefficient (Wildman–Crippen LogP) is 5.22. The van der Waals surface area contributed by atoms with Gasteiger partial charge >= 0.3 is 0 Å². The summed E-state index contributed by atoms with van der Waals surface area (Å²) in [6.07, 6.45) is 5.56. The average Bonchev–Trinajstić information content (AvgIpc) is 2.64. The molecular weight excluding hydrogens is 360 g/mol. The summed E-state index contributed by atoms with van der Waals surface area (Å²) in [6.45, 7) is 1.93. The Hall–Kier alpha value is -1.85. The highest BCUT2D eigenvalue weighted by Crippen LogP contribution is 2.38. The van der Waals surface area contributed by atoms with Crippen molar-refractivity contribution in [3.8, 4) is 5.75 Å². The molecule has 0 N–H and O–H groups in total. The molecule has 3 rings (SSSR count). The molecule has 0 heterocycles. The zero-order valence-corrected chi connectivity index (χ0v) is 16.9. The van der Waals surface area contributed by atoms with Crippen molar-refractivity contribution in [3.63, 3.8) is 0 Å². The molecule has 27 heavy (non-hydrogen) atoms. The van der Waals surface area contributed by atoms with Gasteiger partial charge in [-0.2, -0.15) is 8.42 Å². The Bertz CT molecular complexity index is 843. The summed E-state index contributed by atoms with van der Waals surface area (Å²) in [5.41, 5.74) is 2.05. The summed E-state index contributed by atoms with van der Waals surface area (Å²) in [6, 6.07) is 14.7. The van der Waals surface area contributed by atoms with Gasteiger partial charge in [-0.1, -0.05) is 61.6 Å². The second-order valence-electron chi connectivity index (χ2n) is 7.24. The number of benzene rings is 2. The Morgan fingerprint density at radius 3 is 2.26 bits per heavy atom. The lowest BCUT2D eigenvalue weighted by Gasteiger charge is -2.30. The molecule has 1 saturated carbocycles. The van der Waals surface area contributed by atoms with Gasteiger partial charge in [-0.15, -0.1) is 0 Å². The van der Waals surface area contributed by atoms with Crippen molar-refractivity contribution in [1.29, 1.82) is 0 Å². The van der Waals surface area contributed by atoms with Crippen LogP contribution in [0.5, 0.6) is 5.75 Å². The third-order valence-electron chi connectivity index (χ3n) is 5.30. The predicted molar refractivity (Wildman–Crippen MR) is 107 cm³/mol. The van der Waals surface area contributed by atoms with Crippen LogP contribution in [0, 0.1) is 6.92 Å².